The van der Waals surface area contributed by atoms with Gasteiger partial charge in [0, 0.05) is 25.2 Å². The highest BCUT2D eigenvalue weighted by molar-refractivity contribution is 4.86. The average molecular weight is 229 g/mol. The molecule has 1 atom stereocenters. The number of nitrogens with zero attached hydrogens (tertiary/aromatic N) is 2. The maximum absolute atomic E-state index is 5.95. The monoisotopic (exact) mass is 229 g/mol. The molecule has 0 bridgehead atoms. The van der Waals surface area contributed by atoms with Crippen molar-refractivity contribution in [3.63, 3.8) is 0 Å². The van der Waals surface area contributed by atoms with Crippen LogP contribution in [-0.4, -0.2) is 56.1 Å². The second-order valence-electron chi connectivity index (χ2n) is 5.86. The van der Waals surface area contributed by atoms with Gasteiger partial charge in [0.1, 0.15) is 0 Å². The highest BCUT2D eigenvalue weighted by atomic mass is 15.2. The predicted octanol–water partition coefficient (Wildman–Crippen LogP) is 1.63. The summed E-state index contributed by atoms with van der Waals surface area (Å²) in [7, 11) is 6.42. The quantitative estimate of drug-likeness (QED) is 0.687. The van der Waals surface area contributed by atoms with E-state index in [1.54, 1.807) is 0 Å². The standard InChI is InChI=1S/C13H31N3/c1-12(2)7-8-13(3,11-14)16(6)10-9-15(4)5/h12H,7-11,14H2,1-6H3. The van der Waals surface area contributed by atoms with Gasteiger partial charge in [-0.25, -0.2) is 0 Å². The molecule has 0 aliphatic heterocycles. The molecule has 0 saturated carbocycles. The second-order valence-corrected chi connectivity index (χ2v) is 5.86. The van der Waals surface area contributed by atoms with Crippen LogP contribution in [0.1, 0.15) is 33.6 Å². The van der Waals surface area contributed by atoms with Gasteiger partial charge in [0.15, 0.2) is 0 Å². The Balaban J connectivity index is 4.20. The minimum atomic E-state index is 0.153. The topological polar surface area (TPSA) is 32.5 Å². The maximum atomic E-state index is 5.95. The van der Waals surface area contributed by atoms with Crippen molar-refractivity contribution in [1.29, 1.82) is 0 Å². The van der Waals surface area contributed by atoms with Gasteiger partial charge in [-0.2, -0.15) is 0 Å². The average Bonchev–Trinajstić information content (AvgIpc) is 2.22. The van der Waals surface area contributed by atoms with Gasteiger partial charge < -0.3 is 10.6 Å². The van der Waals surface area contributed by atoms with Crippen LogP contribution in [0.25, 0.3) is 0 Å². The van der Waals surface area contributed by atoms with E-state index >= 15 is 0 Å². The molecule has 16 heavy (non-hydrogen) atoms. The van der Waals surface area contributed by atoms with Crippen molar-refractivity contribution in [2.45, 2.75) is 39.2 Å². The first-order chi connectivity index (χ1) is 7.31. The molecule has 2 N–H and O–H groups in total. The Morgan fingerprint density at radius 2 is 1.69 bits per heavy atom. The third-order valence-corrected chi connectivity index (χ3v) is 3.50. The molecule has 0 heterocycles. The zero-order valence-electron chi connectivity index (χ0n) is 12.1. The van der Waals surface area contributed by atoms with Gasteiger partial charge in [-0.1, -0.05) is 13.8 Å². The molecule has 3 heteroatoms. The molecule has 0 amide bonds. The fraction of sp³-hybridized carbons (Fsp3) is 1.00. The second kappa shape index (κ2) is 7.25. The van der Waals surface area contributed by atoms with Crippen LogP contribution in [0, 0.1) is 5.92 Å². The van der Waals surface area contributed by atoms with Crippen molar-refractivity contribution in [2.75, 3.05) is 40.8 Å². The van der Waals surface area contributed by atoms with E-state index in [0.717, 1.165) is 25.6 Å². The van der Waals surface area contributed by atoms with E-state index in [4.69, 9.17) is 5.73 Å². The van der Waals surface area contributed by atoms with Crippen molar-refractivity contribution in [3.05, 3.63) is 0 Å². The minimum absolute atomic E-state index is 0.153. The third kappa shape index (κ3) is 5.83. The summed E-state index contributed by atoms with van der Waals surface area (Å²) < 4.78 is 0. The van der Waals surface area contributed by atoms with Crippen LogP contribution < -0.4 is 5.73 Å². The predicted molar refractivity (Wildman–Crippen MR) is 72.7 cm³/mol. The Labute approximate surface area is 102 Å². The highest BCUT2D eigenvalue weighted by Gasteiger charge is 2.27. The number of likely N-dealkylation sites (N-methyl/N-ethyl adjacent to an activating group) is 2. The normalized spacial score (nSPS) is 16.1. The maximum Gasteiger partial charge on any atom is 0.0301 e. The molecule has 0 aromatic rings. The molecule has 0 rings (SSSR count). The summed E-state index contributed by atoms with van der Waals surface area (Å²) in [4.78, 5) is 4.63. The van der Waals surface area contributed by atoms with E-state index in [2.05, 4.69) is 51.7 Å². The lowest BCUT2D eigenvalue weighted by Gasteiger charge is -2.39. The first-order valence-electron chi connectivity index (χ1n) is 6.38. The number of rotatable bonds is 8. The first kappa shape index (κ1) is 15.9. The van der Waals surface area contributed by atoms with Crippen LogP contribution in [0.3, 0.4) is 0 Å². The Kier molecular flexibility index (Phi) is 7.20. The van der Waals surface area contributed by atoms with Crippen LogP contribution in [0.4, 0.5) is 0 Å². The van der Waals surface area contributed by atoms with Gasteiger partial charge in [-0.15, -0.1) is 0 Å². The molecule has 1 unspecified atom stereocenters. The SMILES string of the molecule is CC(C)CCC(C)(CN)N(C)CCN(C)C. The van der Waals surface area contributed by atoms with Crippen molar-refractivity contribution in [2.24, 2.45) is 11.7 Å². The molecule has 3 nitrogen and oxygen atoms in total. The molecular formula is C13H31N3. The molecule has 0 radical (unpaired) electrons. The Morgan fingerprint density at radius 1 is 1.12 bits per heavy atom. The van der Waals surface area contributed by atoms with Crippen molar-refractivity contribution >= 4 is 0 Å². The van der Waals surface area contributed by atoms with Crippen LogP contribution in [0.5, 0.6) is 0 Å². The van der Waals surface area contributed by atoms with Crippen molar-refractivity contribution in [3.8, 4) is 0 Å². The number of hydrogen-bond acceptors (Lipinski definition) is 3. The van der Waals surface area contributed by atoms with E-state index < -0.39 is 0 Å². The van der Waals surface area contributed by atoms with E-state index in [1.807, 2.05) is 0 Å². The third-order valence-electron chi connectivity index (χ3n) is 3.50. The fourth-order valence-corrected chi connectivity index (χ4v) is 1.67. The van der Waals surface area contributed by atoms with Gasteiger partial charge in [-0.05, 0) is 46.8 Å². The minimum Gasteiger partial charge on any atom is -0.329 e. The van der Waals surface area contributed by atoms with Crippen molar-refractivity contribution in [1.82, 2.24) is 9.80 Å². The van der Waals surface area contributed by atoms with E-state index in [0.29, 0.717) is 0 Å². The molecule has 0 saturated heterocycles. The summed E-state index contributed by atoms with van der Waals surface area (Å²) in [6.07, 6.45) is 2.44. The van der Waals surface area contributed by atoms with Gasteiger partial charge in [0.05, 0.1) is 0 Å². The Morgan fingerprint density at radius 3 is 2.06 bits per heavy atom. The summed E-state index contributed by atoms with van der Waals surface area (Å²) in [5, 5.41) is 0. The summed E-state index contributed by atoms with van der Waals surface area (Å²) in [5.74, 6) is 0.758. The molecule has 0 aromatic heterocycles. The van der Waals surface area contributed by atoms with Gasteiger partial charge >= 0.3 is 0 Å². The number of nitrogens with two attached hydrogens (primary N) is 1. The van der Waals surface area contributed by atoms with Crippen LogP contribution in [0.15, 0.2) is 0 Å². The summed E-state index contributed by atoms with van der Waals surface area (Å²) in [6, 6.07) is 0. The van der Waals surface area contributed by atoms with Gasteiger partial charge in [0.25, 0.3) is 0 Å². The van der Waals surface area contributed by atoms with Crippen molar-refractivity contribution < 1.29 is 0 Å². The molecule has 0 aliphatic carbocycles. The highest BCUT2D eigenvalue weighted by Crippen LogP contribution is 2.21. The number of hydrogen-bond donors (Lipinski definition) is 1. The summed E-state index contributed by atoms with van der Waals surface area (Å²) in [5.41, 5.74) is 6.10. The fourth-order valence-electron chi connectivity index (χ4n) is 1.67. The zero-order valence-corrected chi connectivity index (χ0v) is 12.1. The summed E-state index contributed by atoms with van der Waals surface area (Å²) >= 11 is 0. The molecule has 0 fully saturated rings. The lowest BCUT2D eigenvalue weighted by molar-refractivity contribution is 0.117. The van der Waals surface area contributed by atoms with Gasteiger partial charge in [0.2, 0.25) is 0 Å². The van der Waals surface area contributed by atoms with Crippen LogP contribution in [0.2, 0.25) is 0 Å². The Bertz CT molecular complexity index is 180. The first-order valence-corrected chi connectivity index (χ1v) is 6.38. The molecule has 0 aliphatic rings. The van der Waals surface area contributed by atoms with Crippen LogP contribution >= 0.6 is 0 Å². The van der Waals surface area contributed by atoms with E-state index in [1.165, 1.54) is 12.8 Å². The Hall–Kier alpha value is -0.120. The molecule has 0 spiro atoms. The van der Waals surface area contributed by atoms with E-state index in [9.17, 15) is 0 Å². The molecule has 0 aromatic carbocycles. The molecule has 98 valence electrons. The zero-order chi connectivity index (χ0) is 12.8. The lowest BCUT2D eigenvalue weighted by Crippen LogP contribution is -2.51. The smallest absolute Gasteiger partial charge is 0.0301 e. The molecular weight excluding hydrogens is 198 g/mol. The lowest BCUT2D eigenvalue weighted by atomic mass is 9.90. The van der Waals surface area contributed by atoms with Crippen LogP contribution in [-0.2, 0) is 0 Å². The summed E-state index contributed by atoms with van der Waals surface area (Å²) in [6.45, 7) is 9.74. The van der Waals surface area contributed by atoms with Gasteiger partial charge in [-0.3, -0.25) is 4.90 Å². The van der Waals surface area contributed by atoms with E-state index in [-0.39, 0.29) is 5.54 Å². The largest absolute Gasteiger partial charge is 0.329 e.